The third-order valence-electron chi connectivity index (χ3n) is 5.80. The van der Waals surface area contributed by atoms with Crippen molar-refractivity contribution in [1.29, 1.82) is 0 Å². The molecule has 0 aromatic heterocycles. The van der Waals surface area contributed by atoms with Gasteiger partial charge in [-0.25, -0.2) is 0 Å². The molecule has 2 aliphatic heterocycles. The monoisotopic (exact) mass is 367 g/mol. The Morgan fingerprint density at radius 2 is 2.07 bits per heavy atom. The van der Waals surface area contributed by atoms with Gasteiger partial charge in [-0.05, 0) is 55.0 Å². The van der Waals surface area contributed by atoms with Crippen molar-refractivity contribution in [2.75, 3.05) is 18.5 Å². The third kappa shape index (κ3) is 3.39. The zero-order valence-corrected chi connectivity index (χ0v) is 16.4. The highest BCUT2D eigenvalue weighted by Gasteiger charge is 2.40. The summed E-state index contributed by atoms with van der Waals surface area (Å²) < 4.78 is 11.9. The van der Waals surface area contributed by atoms with Crippen molar-refractivity contribution in [2.45, 2.75) is 51.7 Å². The Balaban J connectivity index is 1.74. The van der Waals surface area contributed by atoms with Crippen molar-refractivity contribution < 1.29 is 14.6 Å². The molecule has 0 radical (unpaired) electrons. The van der Waals surface area contributed by atoms with Crippen LogP contribution in [0.5, 0.6) is 11.5 Å². The Bertz CT molecular complexity index is 817. The topological polar surface area (TPSA) is 50.7 Å². The molecule has 2 aromatic rings. The van der Waals surface area contributed by atoms with Gasteiger partial charge in [0.25, 0.3) is 0 Å². The van der Waals surface area contributed by atoms with Crippen molar-refractivity contribution in [2.24, 2.45) is 5.92 Å². The van der Waals surface area contributed by atoms with E-state index in [1.54, 1.807) is 6.07 Å². The molecule has 0 spiro atoms. The third-order valence-corrected chi connectivity index (χ3v) is 5.80. The molecule has 0 bridgehead atoms. The number of phenols is 1. The van der Waals surface area contributed by atoms with E-state index in [1.165, 1.54) is 11.1 Å². The lowest BCUT2D eigenvalue weighted by Gasteiger charge is -2.43. The summed E-state index contributed by atoms with van der Waals surface area (Å²) in [4.78, 5) is 0. The van der Waals surface area contributed by atoms with E-state index < -0.39 is 0 Å². The van der Waals surface area contributed by atoms with Gasteiger partial charge in [-0.15, -0.1) is 0 Å². The zero-order valence-electron chi connectivity index (χ0n) is 16.4. The van der Waals surface area contributed by atoms with Gasteiger partial charge in [-0.3, -0.25) is 0 Å². The van der Waals surface area contributed by atoms with Gasteiger partial charge >= 0.3 is 0 Å². The molecule has 2 unspecified atom stereocenters. The fourth-order valence-electron chi connectivity index (χ4n) is 4.37. The lowest BCUT2D eigenvalue weighted by Crippen LogP contribution is -2.36. The van der Waals surface area contributed by atoms with Crippen LogP contribution in [0.25, 0.3) is 0 Å². The van der Waals surface area contributed by atoms with Crippen LogP contribution in [0.1, 0.15) is 68.4 Å². The number of phenolic OH excluding ortho intramolecular Hbond substituents is 1. The van der Waals surface area contributed by atoms with E-state index in [1.807, 2.05) is 19.1 Å². The van der Waals surface area contributed by atoms with E-state index in [0.29, 0.717) is 24.2 Å². The van der Waals surface area contributed by atoms with Crippen LogP contribution in [-0.4, -0.2) is 18.3 Å². The van der Waals surface area contributed by atoms with Crippen LogP contribution >= 0.6 is 0 Å². The quantitative estimate of drug-likeness (QED) is 0.744. The first-order chi connectivity index (χ1) is 13.1. The molecule has 2 aliphatic rings. The maximum absolute atomic E-state index is 10.1. The molecular formula is C23H29NO3. The molecule has 2 heterocycles. The highest BCUT2D eigenvalue weighted by Crippen LogP contribution is 2.50. The Hall–Kier alpha value is -2.20. The molecule has 2 aromatic carbocycles. The summed E-state index contributed by atoms with van der Waals surface area (Å²) in [5.74, 6) is 1.61. The summed E-state index contributed by atoms with van der Waals surface area (Å²) in [6.07, 6.45) is 2.32. The van der Waals surface area contributed by atoms with E-state index in [9.17, 15) is 5.11 Å². The first kappa shape index (κ1) is 18.2. The number of rotatable bonds is 4. The Morgan fingerprint density at radius 3 is 2.85 bits per heavy atom. The predicted molar refractivity (Wildman–Crippen MR) is 108 cm³/mol. The Kier molecular flexibility index (Phi) is 5.00. The molecule has 4 heteroatoms. The summed E-state index contributed by atoms with van der Waals surface area (Å²) in [5, 5.41) is 13.8. The van der Waals surface area contributed by atoms with Crippen molar-refractivity contribution in [1.82, 2.24) is 0 Å². The molecular weight excluding hydrogens is 338 g/mol. The van der Waals surface area contributed by atoms with E-state index in [4.69, 9.17) is 9.47 Å². The molecule has 4 nitrogen and oxygen atoms in total. The van der Waals surface area contributed by atoms with Crippen molar-refractivity contribution >= 4 is 5.69 Å². The Morgan fingerprint density at radius 1 is 1.22 bits per heavy atom. The van der Waals surface area contributed by atoms with E-state index in [0.717, 1.165) is 30.7 Å². The van der Waals surface area contributed by atoms with Gasteiger partial charge < -0.3 is 19.9 Å². The summed E-state index contributed by atoms with van der Waals surface area (Å²) in [6, 6.07) is 12.6. The predicted octanol–water partition coefficient (Wildman–Crippen LogP) is 5.55. The summed E-state index contributed by atoms with van der Waals surface area (Å²) >= 11 is 0. The first-order valence-corrected chi connectivity index (χ1v) is 10.1. The Labute approximate surface area is 161 Å². The van der Waals surface area contributed by atoms with Crippen LogP contribution in [0.15, 0.2) is 36.4 Å². The number of nitrogens with one attached hydrogen (secondary N) is 1. The van der Waals surface area contributed by atoms with Crippen LogP contribution in [-0.2, 0) is 4.74 Å². The number of fused-ring (bicyclic) bond motifs is 3. The average Bonchev–Trinajstić information content (AvgIpc) is 2.69. The fourth-order valence-corrected chi connectivity index (χ4v) is 4.37. The van der Waals surface area contributed by atoms with Crippen LogP contribution in [0, 0.1) is 5.92 Å². The minimum Gasteiger partial charge on any atom is -0.504 e. The number of hydrogen-bond donors (Lipinski definition) is 2. The molecule has 0 amide bonds. The van der Waals surface area contributed by atoms with E-state index in [2.05, 4.69) is 37.4 Å². The van der Waals surface area contributed by atoms with E-state index in [-0.39, 0.29) is 17.9 Å². The highest BCUT2D eigenvalue weighted by molar-refractivity contribution is 5.59. The number of benzene rings is 2. The number of hydrogen-bond acceptors (Lipinski definition) is 4. The maximum atomic E-state index is 10.1. The SMILES string of the molecule is CCOc1cc([C@@H]2Nc3ccc(C(C)C)cc3C3OCCCC32)ccc1O. The van der Waals surface area contributed by atoms with Gasteiger partial charge in [0.15, 0.2) is 11.5 Å². The molecule has 0 aliphatic carbocycles. The molecule has 1 fully saturated rings. The smallest absolute Gasteiger partial charge is 0.161 e. The molecule has 1 saturated heterocycles. The second-order valence-electron chi connectivity index (χ2n) is 7.88. The second-order valence-corrected chi connectivity index (χ2v) is 7.88. The average molecular weight is 367 g/mol. The normalized spacial score (nSPS) is 24.1. The van der Waals surface area contributed by atoms with Crippen molar-refractivity contribution in [3.63, 3.8) is 0 Å². The molecule has 2 N–H and O–H groups in total. The number of aromatic hydroxyl groups is 1. The van der Waals surface area contributed by atoms with Gasteiger partial charge in [0.2, 0.25) is 0 Å². The number of anilines is 1. The van der Waals surface area contributed by atoms with Gasteiger partial charge in [0.1, 0.15) is 0 Å². The molecule has 27 heavy (non-hydrogen) atoms. The highest BCUT2D eigenvalue weighted by atomic mass is 16.5. The summed E-state index contributed by atoms with van der Waals surface area (Å²) in [5.41, 5.74) is 4.92. The van der Waals surface area contributed by atoms with E-state index >= 15 is 0 Å². The minimum atomic E-state index is 0.114. The minimum absolute atomic E-state index is 0.114. The maximum Gasteiger partial charge on any atom is 0.161 e. The summed E-state index contributed by atoms with van der Waals surface area (Å²) in [6.45, 7) is 7.74. The lowest BCUT2D eigenvalue weighted by atomic mass is 9.77. The van der Waals surface area contributed by atoms with Crippen molar-refractivity contribution in [3.05, 3.63) is 53.1 Å². The largest absolute Gasteiger partial charge is 0.504 e. The summed E-state index contributed by atoms with van der Waals surface area (Å²) in [7, 11) is 0. The van der Waals surface area contributed by atoms with Gasteiger partial charge in [-0.1, -0.05) is 32.0 Å². The van der Waals surface area contributed by atoms with Crippen LogP contribution in [0.2, 0.25) is 0 Å². The van der Waals surface area contributed by atoms with Crippen molar-refractivity contribution in [3.8, 4) is 11.5 Å². The molecule has 4 rings (SSSR count). The fraction of sp³-hybridized carbons (Fsp3) is 0.478. The van der Waals surface area contributed by atoms with Gasteiger partial charge in [0.05, 0.1) is 18.8 Å². The van der Waals surface area contributed by atoms with Gasteiger partial charge in [0, 0.05) is 23.8 Å². The molecule has 144 valence electrons. The standard InChI is InChI=1S/C23H29NO3/c1-4-26-21-13-16(8-10-20(21)25)22-17-6-5-11-27-23(17)18-12-15(14(2)3)7-9-19(18)24-22/h7-10,12-14,17,22-25H,4-6,11H2,1-3H3/t17?,22-,23?/m0/s1. The lowest BCUT2D eigenvalue weighted by molar-refractivity contribution is -0.0382. The molecule has 0 saturated carbocycles. The second kappa shape index (κ2) is 7.43. The first-order valence-electron chi connectivity index (χ1n) is 10.1. The van der Waals surface area contributed by atoms with Crippen LogP contribution in [0.3, 0.4) is 0 Å². The number of ether oxygens (including phenoxy) is 2. The van der Waals surface area contributed by atoms with Gasteiger partial charge in [-0.2, -0.15) is 0 Å². The van der Waals surface area contributed by atoms with Crippen LogP contribution in [0.4, 0.5) is 5.69 Å². The van der Waals surface area contributed by atoms with Crippen LogP contribution < -0.4 is 10.1 Å². The zero-order chi connectivity index (χ0) is 19.0. The molecule has 3 atom stereocenters.